The second kappa shape index (κ2) is 10.7. The largest absolute Gasteiger partial charge is 0.385 e. The summed E-state index contributed by atoms with van der Waals surface area (Å²) >= 11 is 0. The molecule has 0 saturated carbocycles. The summed E-state index contributed by atoms with van der Waals surface area (Å²) in [6.45, 7) is 4.95. The predicted octanol–water partition coefficient (Wildman–Crippen LogP) is 4.91. The van der Waals surface area contributed by atoms with E-state index in [-0.39, 0.29) is 17.6 Å². The van der Waals surface area contributed by atoms with Crippen LogP contribution in [0.1, 0.15) is 45.1 Å². The van der Waals surface area contributed by atoms with Gasteiger partial charge in [-0.15, -0.1) is 0 Å². The quantitative estimate of drug-likeness (QED) is 0.531. The number of halogens is 2. The molecule has 7 heteroatoms. The summed E-state index contributed by atoms with van der Waals surface area (Å²) in [5, 5.41) is 9.47. The molecule has 0 aromatic heterocycles. The number of carbonyl (C=O) groups is 1. The number of hydrogen-bond acceptors (Lipinski definition) is 4. The average Bonchev–Trinajstić information content (AvgIpc) is 3.09. The molecule has 1 aliphatic rings. The summed E-state index contributed by atoms with van der Waals surface area (Å²) in [4.78, 5) is 13.6. The number of ether oxygens (including phenoxy) is 1. The number of rotatable bonds is 10. The lowest BCUT2D eigenvalue weighted by atomic mass is 9.77. The van der Waals surface area contributed by atoms with E-state index in [9.17, 15) is 13.6 Å². The van der Waals surface area contributed by atoms with Crippen molar-refractivity contribution in [3.05, 3.63) is 65.7 Å². The van der Waals surface area contributed by atoms with Gasteiger partial charge in [-0.2, -0.15) is 5.10 Å². The summed E-state index contributed by atoms with van der Waals surface area (Å²) < 4.78 is 32.7. The highest BCUT2D eigenvalue weighted by molar-refractivity contribution is 6.10. The van der Waals surface area contributed by atoms with Gasteiger partial charge in [0.25, 0.3) is 0 Å². The van der Waals surface area contributed by atoms with Crippen molar-refractivity contribution >= 4 is 17.3 Å². The Morgan fingerprint density at radius 1 is 1.16 bits per heavy atom. The van der Waals surface area contributed by atoms with E-state index in [1.54, 1.807) is 36.4 Å². The topological polar surface area (TPSA) is 53.9 Å². The molecule has 1 heterocycles. The molecule has 0 saturated heterocycles. The molecule has 0 radical (unpaired) electrons. The minimum atomic E-state index is -1.07. The Bertz CT molecular complexity index is 948. The fourth-order valence-electron chi connectivity index (χ4n) is 4.19. The van der Waals surface area contributed by atoms with Gasteiger partial charge in [0, 0.05) is 26.2 Å². The molecule has 32 heavy (non-hydrogen) atoms. The minimum absolute atomic E-state index is 0.181. The van der Waals surface area contributed by atoms with Crippen LogP contribution in [0.2, 0.25) is 0 Å². The maximum absolute atomic E-state index is 14.1. The van der Waals surface area contributed by atoms with Gasteiger partial charge < -0.3 is 10.1 Å². The fourth-order valence-corrected chi connectivity index (χ4v) is 4.19. The van der Waals surface area contributed by atoms with E-state index >= 15 is 0 Å². The molecule has 2 aromatic carbocycles. The average molecular weight is 444 g/mol. The molecule has 1 aliphatic heterocycles. The number of anilines is 1. The number of carbonyl (C=O) groups excluding carboxylic acids is 1. The third kappa shape index (κ3) is 4.99. The first-order chi connectivity index (χ1) is 15.4. The predicted molar refractivity (Wildman–Crippen MR) is 123 cm³/mol. The molecule has 5 nitrogen and oxygen atoms in total. The fraction of sp³-hybridized carbons (Fsp3) is 0.440. The van der Waals surface area contributed by atoms with Crippen LogP contribution in [0, 0.1) is 17.6 Å². The Labute approximate surface area is 188 Å². The first-order valence-electron chi connectivity index (χ1n) is 11.1. The molecule has 0 aliphatic carbocycles. The van der Waals surface area contributed by atoms with Crippen LogP contribution in [-0.4, -0.2) is 37.4 Å². The van der Waals surface area contributed by atoms with E-state index in [1.165, 1.54) is 24.3 Å². The molecular weight excluding hydrogens is 412 g/mol. The van der Waals surface area contributed by atoms with Crippen molar-refractivity contribution in [2.24, 2.45) is 11.0 Å². The van der Waals surface area contributed by atoms with Crippen LogP contribution in [0.25, 0.3) is 0 Å². The maximum atomic E-state index is 14.1. The normalized spacial score (nSPS) is 20.3. The van der Waals surface area contributed by atoms with Crippen molar-refractivity contribution < 1.29 is 18.3 Å². The van der Waals surface area contributed by atoms with Crippen LogP contribution >= 0.6 is 0 Å². The molecule has 1 N–H and O–H groups in total. The van der Waals surface area contributed by atoms with Gasteiger partial charge in [-0.1, -0.05) is 38.0 Å². The minimum Gasteiger partial charge on any atom is -0.385 e. The lowest BCUT2D eigenvalue weighted by molar-refractivity contribution is -0.126. The van der Waals surface area contributed by atoms with Gasteiger partial charge >= 0.3 is 0 Å². The van der Waals surface area contributed by atoms with Crippen molar-refractivity contribution in [1.29, 1.82) is 0 Å². The SMILES string of the molecule is CCCCC1C(c2ccc(F)cc2)=NN(c2cccc(F)c2)C1(C)C(=O)NCCCOC. The zero-order valence-electron chi connectivity index (χ0n) is 18.9. The summed E-state index contributed by atoms with van der Waals surface area (Å²) in [5.74, 6) is -1.17. The molecule has 0 fully saturated rings. The summed E-state index contributed by atoms with van der Waals surface area (Å²) in [7, 11) is 1.62. The number of benzene rings is 2. The van der Waals surface area contributed by atoms with Gasteiger partial charge in [-0.05, 0) is 55.7 Å². The lowest BCUT2D eigenvalue weighted by Gasteiger charge is -2.37. The molecule has 2 atom stereocenters. The number of hydrazone groups is 1. The van der Waals surface area contributed by atoms with Crippen LogP contribution in [0.3, 0.4) is 0 Å². The Morgan fingerprint density at radius 2 is 1.91 bits per heavy atom. The Morgan fingerprint density at radius 3 is 2.56 bits per heavy atom. The van der Waals surface area contributed by atoms with E-state index in [1.807, 2.05) is 6.92 Å². The van der Waals surface area contributed by atoms with Crippen LogP contribution in [0.5, 0.6) is 0 Å². The molecule has 1 amide bonds. The number of nitrogens with zero attached hydrogens (tertiary/aromatic N) is 2. The lowest BCUT2D eigenvalue weighted by Crippen LogP contribution is -2.58. The van der Waals surface area contributed by atoms with E-state index in [0.717, 1.165) is 24.8 Å². The van der Waals surface area contributed by atoms with Crippen LogP contribution < -0.4 is 10.3 Å². The van der Waals surface area contributed by atoms with Gasteiger partial charge in [0.2, 0.25) is 5.91 Å². The van der Waals surface area contributed by atoms with Crippen molar-refractivity contribution in [1.82, 2.24) is 5.32 Å². The highest BCUT2D eigenvalue weighted by Crippen LogP contribution is 2.41. The summed E-state index contributed by atoms with van der Waals surface area (Å²) in [5.41, 5.74) is 0.889. The molecule has 0 bridgehead atoms. The highest BCUT2D eigenvalue weighted by atomic mass is 19.1. The number of unbranched alkanes of at least 4 members (excludes halogenated alkanes) is 1. The molecule has 2 unspecified atom stereocenters. The smallest absolute Gasteiger partial charge is 0.248 e. The number of nitrogens with one attached hydrogen (secondary N) is 1. The molecular formula is C25H31F2N3O2. The van der Waals surface area contributed by atoms with Crippen molar-refractivity contribution in [2.75, 3.05) is 25.3 Å². The zero-order valence-corrected chi connectivity index (χ0v) is 18.9. The van der Waals surface area contributed by atoms with Gasteiger partial charge in [0.1, 0.15) is 17.2 Å². The Hall–Kier alpha value is -2.80. The molecule has 3 rings (SSSR count). The van der Waals surface area contributed by atoms with E-state index in [4.69, 9.17) is 9.84 Å². The first kappa shape index (κ1) is 23.9. The van der Waals surface area contributed by atoms with Gasteiger partial charge in [-0.3, -0.25) is 4.79 Å². The monoisotopic (exact) mass is 443 g/mol. The van der Waals surface area contributed by atoms with Crippen LogP contribution in [-0.2, 0) is 9.53 Å². The first-order valence-corrected chi connectivity index (χ1v) is 11.1. The van der Waals surface area contributed by atoms with Gasteiger partial charge in [-0.25, -0.2) is 13.8 Å². The third-order valence-electron chi connectivity index (χ3n) is 5.97. The van der Waals surface area contributed by atoms with Crippen LogP contribution in [0.15, 0.2) is 53.6 Å². The van der Waals surface area contributed by atoms with Gasteiger partial charge in [0.15, 0.2) is 0 Å². The number of hydrogen-bond donors (Lipinski definition) is 1. The molecule has 0 spiro atoms. The standard InChI is InChI=1S/C25H31F2N3O2/c1-4-5-10-22-23(18-11-13-19(26)14-12-18)29-30(21-9-6-8-20(27)17-21)25(22,2)24(31)28-15-7-16-32-3/h6,8-9,11-14,17,22H,4-5,7,10,15-16H2,1-3H3,(H,28,31). The highest BCUT2D eigenvalue weighted by Gasteiger charge is 2.53. The maximum Gasteiger partial charge on any atom is 0.248 e. The number of amides is 1. The summed E-state index contributed by atoms with van der Waals surface area (Å²) in [6, 6.07) is 12.2. The Balaban J connectivity index is 2.06. The van der Waals surface area contributed by atoms with E-state index in [2.05, 4.69) is 12.2 Å². The number of methoxy groups -OCH3 is 1. The van der Waals surface area contributed by atoms with Crippen molar-refractivity contribution in [3.63, 3.8) is 0 Å². The molecule has 2 aromatic rings. The van der Waals surface area contributed by atoms with E-state index in [0.29, 0.717) is 31.0 Å². The van der Waals surface area contributed by atoms with Crippen LogP contribution in [0.4, 0.5) is 14.5 Å². The third-order valence-corrected chi connectivity index (χ3v) is 5.97. The zero-order chi connectivity index (χ0) is 23.1. The van der Waals surface area contributed by atoms with E-state index < -0.39 is 11.4 Å². The second-order valence-electron chi connectivity index (χ2n) is 8.23. The Kier molecular flexibility index (Phi) is 7.96. The van der Waals surface area contributed by atoms with Gasteiger partial charge in [0.05, 0.1) is 11.4 Å². The van der Waals surface area contributed by atoms with Crippen molar-refractivity contribution in [3.8, 4) is 0 Å². The van der Waals surface area contributed by atoms with Crippen molar-refractivity contribution in [2.45, 2.75) is 45.1 Å². The molecule has 172 valence electrons. The second-order valence-corrected chi connectivity index (χ2v) is 8.23. The summed E-state index contributed by atoms with van der Waals surface area (Å²) in [6.07, 6.45) is 3.26.